The summed E-state index contributed by atoms with van der Waals surface area (Å²) in [5.74, 6) is -0.259. The third-order valence-corrected chi connectivity index (χ3v) is 5.91. The highest BCUT2D eigenvalue weighted by Crippen LogP contribution is 2.31. The maximum atomic E-state index is 12.9. The van der Waals surface area contributed by atoms with Gasteiger partial charge in [0, 0.05) is 21.3 Å². The average Bonchev–Trinajstić information content (AvgIpc) is 2.77. The van der Waals surface area contributed by atoms with Crippen LogP contribution in [0.1, 0.15) is 16.7 Å². The monoisotopic (exact) mass is 616 g/mol. The average molecular weight is 617 g/mol. The number of rotatable bonds is 6. The van der Waals surface area contributed by atoms with Crippen LogP contribution in [0.4, 0.5) is 18.9 Å². The molecular weight excluding hydrogens is 603 g/mol. The second-order valence-electron chi connectivity index (χ2n) is 6.92. The predicted octanol–water partition coefficient (Wildman–Crippen LogP) is 7.74. The van der Waals surface area contributed by atoms with Crippen LogP contribution in [-0.4, -0.2) is 5.91 Å². The standard InChI is InChI=1S/C24H14Cl2F3IN2O2/c25-18-6-5-15(20(26)11-18)13-34-22-7-4-14(9-21(22)30)8-16(12-31)23(33)32-19-3-1-2-17(10-19)24(27,28)29/h1-11H,13H2,(H,32,33)/b16-8-. The second-order valence-corrected chi connectivity index (χ2v) is 8.92. The Kier molecular flexibility index (Phi) is 8.47. The topological polar surface area (TPSA) is 62.1 Å². The lowest BCUT2D eigenvalue weighted by Gasteiger charge is -2.11. The Labute approximate surface area is 217 Å². The van der Waals surface area contributed by atoms with Crippen molar-refractivity contribution < 1.29 is 22.7 Å². The lowest BCUT2D eigenvalue weighted by atomic mass is 10.1. The zero-order chi connectivity index (χ0) is 24.9. The molecule has 34 heavy (non-hydrogen) atoms. The minimum Gasteiger partial charge on any atom is -0.488 e. The van der Waals surface area contributed by atoms with Gasteiger partial charge in [0.05, 0.1) is 9.13 Å². The third-order valence-electron chi connectivity index (χ3n) is 4.48. The Morgan fingerprint density at radius 1 is 1.12 bits per heavy atom. The molecule has 0 aromatic heterocycles. The number of alkyl halides is 3. The van der Waals surface area contributed by atoms with Crippen LogP contribution in [0.15, 0.2) is 66.2 Å². The van der Waals surface area contributed by atoms with Crippen LogP contribution in [0.5, 0.6) is 5.75 Å². The number of benzene rings is 3. The van der Waals surface area contributed by atoms with Crippen LogP contribution in [0.3, 0.4) is 0 Å². The third kappa shape index (κ3) is 6.88. The summed E-state index contributed by atoms with van der Waals surface area (Å²) in [6, 6.07) is 16.1. The van der Waals surface area contributed by atoms with Gasteiger partial charge < -0.3 is 10.1 Å². The lowest BCUT2D eigenvalue weighted by molar-refractivity contribution is -0.137. The molecule has 0 radical (unpaired) electrons. The van der Waals surface area contributed by atoms with E-state index in [1.165, 1.54) is 18.2 Å². The van der Waals surface area contributed by atoms with Gasteiger partial charge >= 0.3 is 6.18 Å². The quantitative estimate of drug-likeness (QED) is 0.175. The van der Waals surface area contributed by atoms with E-state index in [1.54, 1.807) is 42.5 Å². The Hall–Kier alpha value is -2.74. The number of halogens is 6. The fourth-order valence-corrected chi connectivity index (χ4v) is 3.96. The maximum absolute atomic E-state index is 12.9. The molecule has 0 aliphatic rings. The van der Waals surface area contributed by atoms with E-state index in [0.717, 1.165) is 17.7 Å². The normalized spacial score (nSPS) is 11.6. The van der Waals surface area contributed by atoms with E-state index in [-0.39, 0.29) is 17.9 Å². The fourth-order valence-electron chi connectivity index (χ4n) is 2.81. The van der Waals surface area contributed by atoms with Gasteiger partial charge in [-0.25, -0.2) is 0 Å². The zero-order valence-electron chi connectivity index (χ0n) is 17.1. The Morgan fingerprint density at radius 2 is 1.88 bits per heavy atom. The second kappa shape index (κ2) is 11.1. The summed E-state index contributed by atoms with van der Waals surface area (Å²) < 4.78 is 45.1. The highest BCUT2D eigenvalue weighted by molar-refractivity contribution is 14.1. The molecular formula is C24H14Cl2F3IN2O2. The fraction of sp³-hybridized carbons (Fsp3) is 0.0833. The number of ether oxygens (including phenoxy) is 1. The molecule has 1 amide bonds. The molecule has 174 valence electrons. The van der Waals surface area contributed by atoms with Crippen molar-refractivity contribution in [1.82, 2.24) is 0 Å². The lowest BCUT2D eigenvalue weighted by Crippen LogP contribution is -2.14. The molecule has 0 aliphatic carbocycles. The molecule has 3 aromatic carbocycles. The summed E-state index contributed by atoms with van der Waals surface area (Å²) in [5, 5.41) is 12.7. The molecule has 4 nitrogen and oxygen atoms in total. The van der Waals surface area contributed by atoms with Crippen molar-refractivity contribution in [2.45, 2.75) is 12.8 Å². The molecule has 3 aromatic rings. The number of nitrogens with one attached hydrogen (secondary N) is 1. The van der Waals surface area contributed by atoms with E-state index in [9.17, 15) is 23.2 Å². The minimum absolute atomic E-state index is 0.0693. The first-order chi connectivity index (χ1) is 16.1. The van der Waals surface area contributed by atoms with Gasteiger partial charge in [-0.3, -0.25) is 4.79 Å². The van der Waals surface area contributed by atoms with Gasteiger partial charge in [-0.2, -0.15) is 18.4 Å². The highest BCUT2D eigenvalue weighted by Gasteiger charge is 2.30. The first-order valence-electron chi connectivity index (χ1n) is 9.53. The minimum atomic E-state index is -4.55. The Bertz CT molecular complexity index is 1300. The van der Waals surface area contributed by atoms with Crippen molar-refractivity contribution in [2.24, 2.45) is 0 Å². The Morgan fingerprint density at radius 3 is 2.53 bits per heavy atom. The van der Waals surface area contributed by atoms with Crippen molar-refractivity contribution in [3.05, 3.63) is 96.5 Å². The summed E-state index contributed by atoms with van der Waals surface area (Å²) in [5.41, 5.74) is 0.0497. The Balaban J connectivity index is 1.72. The van der Waals surface area contributed by atoms with Crippen molar-refractivity contribution >= 4 is 63.5 Å². The molecule has 0 heterocycles. The molecule has 0 atom stereocenters. The SMILES string of the molecule is N#C/C(=C/c1ccc(OCc2ccc(Cl)cc2Cl)c(I)c1)C(=O)Nc1cccc(C(F)(F)F)c1. The van der Waals surface area contributed by atoms with Gasteiger partial charge in [-0.15, -0.1) is 0 Å². The smallest absolute Gasteiger partial charge is 0.416 e. The van der Waals surface area contributed by atoms with Crippen molar-refractivity contribution in [3.63, 3.8) is 0 Å². The first-order valence-corrected chi connectivity index (χ1v) is 11.4. The molecule has 3 rings (SSSR count). The van der Waals surface area contributed by atoms with E-state index < -0.39 is 17.6 Å². The van der Waals surface area contributed by atoms with Crippen LogP contribution in [0.25, 0.3) is 6.08 Å². The van der Waals surface area contributed by atoms with E-state index in [0.29, 0.717) is 24.9 Å². The number of nitriles is 1. The predicted molar refractivity (Wildman–Crippen MR) is 134 cm³/mol. The number of hydrogen-bond donors (Lipinski definition) is 1. The number of carbonyl (C=O) groups is 1. The van der Waals surface area contributed by atoms with Crippen molar-refractivity contribution in [2.75, 3.05) is 5.32 Å². The number of hydrogen-bond acceptors (Lipinski definition) is 3. The van der Waals surface area contributed by atoms with Gasteiger partial charge in [0.2, 0.25) is 0 Å². The molecule has 10 heteroatoms. The van der Waals surface area contributed by atoms with Crippen LogP contribution in [-0.2, 0) is 17.6 Å². The van der Waals surface area contributed by atoms with Crippen LogP contribution in [0.2, 0.25) is 10.0 Å². The number of anilines is 1. The maximum Gasteiger partial charge on any atom is 0.416 e. The molecule has 0 bridgehead atoms. The van der Waals surface area contributed by atoms with E-state index in [2.05, 4.69) is 27.9 Å². The summed E-state index contributed by atoms with van der Waals surface area (Å²) in [4.78, 5) is 12.4. The summed E-state index contributed by atoms with van der Waals surface area (Å²) >= 11 is 14.1. The summed E-state index contributed by atoms with van der Waals surface area (Å²) in [6.07, 6.45) is -3.21. The highest BCUT2D eigenvalue weighted by atomic mass is 127. The molecule has 1 N–H and O–H groups in total. The molecule has 0 saturated carbocycles. The van der Waals surface area contributed by atoms with Crippen LogP contribution in [0, 0.1) is 14.9 Å². The van der Waals surface area contributed by atoms with Gasteiger partial charge in [0.1, 0.15) is 24.0 Å². The van der Waals surface area contributed by atoms with Gasteiger partial charge in [0.15, 0.2) is 0 Å². The van der Waals surface area contributed by atoms with Gasteiger partial charge in [-0.05, 0) is 76.7 Å². The molecule has 0 fully saturated rings. The van der Waals surface area contributed by atoms with E-state index in [1.807, 2.05) is 0 Å². The van der Waals surface area contributed by atoms with E-state index in [4.69, 9.17) is 27.9 Å². The summed E-state index contributed by atoms with van der Waals surface area (Å²) in [7, 11) is 0. The van der Waals surface area contributed by atoms with E-state index >= 15 is 0 Å². The van der Waals surface area contributed by atoms with Crippen molar-refractivity contribution in [3.8, 4) is 11.8 Å². The molecule has 0 aliphatic heterocycles. The molecule has 0 saturated heterocycles. The number of nitrogens with zero attached hydrogens (tertiary/aromatic N) is 1. The molecule has 0 unspecified atom stereocenters. The van der Waals surface area contributed by atoms with Crippen molar-refractivity contribution in [1.29, 1.82) is 5.26 Å². The summed E-state index contributed by atoms with van der Waals surface area (Å²) in [6.45, 7) is 0.212. The first kappa shape index (κ1) is 25.9. The van der Waals surface area contributed by atoms with Crippen LogP contribution < -0.4 is 10.1 Å². The number of carbonyl (C=O) groups excluding carboxylic acids is 1. The number of amides is 1. The van der Waals surface area contributed by atoms with Crippen LogP contribution >= 0.6 is 45.8 Å². The largest absolute Gasteiger partial charge is 0.488 e. The van der Waals surface area contributed by atoms with Gasteiger partial charge in [0.25, 0.3) is 5.91 Å². The van der Waals surface area contributed by atoms with Gasteiger partial charge in [-0.1, -0.05) is 41.4 Å². The zero-order valence-corrected chi connectivity index (χ0v) is 20.8. The molecule has 0 spiro atoms.